The average Bonchev–Trinajstić information content (AvgIpc) is 3.18. The number of esters is 1. The Labute approximate surface area is 198 Å². The summed E-state index contributed by atoms with van der Waals surface area (Å²) in [6.45, 7) is 1.44. The van der Waals surface area contributed by atoms with E-state index in [0.29, 0.717) is 41.4 Å². The van der Waals surface area contributed by atoms with Crippen molar-refractivity contribution < 1.29 is 18.6 Å². The number of pyridine rings is 3. The third-order valence-corrected chi connectivity index (χ3v) is 5.81. The van der Waals surface area contributed by atoms with Gasteiger partial charge in [-0.1, -0.05) is 6.07 Å². The van der Waals surface area contributed by atoms with Crippen LogP contribution in [0.25, 0.3) is 22.4 Å². The maximum atomic E-state index is 12.9. The van der Waals surface area contributed by atoms with Gasteiger partial charge >= 0.3 is 5.97 Å². The Morgan fingerprint density at radius 1 is 1.21 bits per heavy atom. The van der Waals surface area contributed by atoms with Gasteiger partial charge in [-0.3, -0.25) is 4.79 Å². The second-order valence-electron chi connectivity index (χ2n) is 7.77. The Kier molecular flexibility index (Phi) is 5.99. The van der Waals surface area contributed by atoms with Crippen molar-refractivity contribution in [3.05, 3.63) is 70.5 Å². The molecule has 1 fully saturated rings. The number of aromatic nitrogens is 5. The fourth-order valence-electron chi connectivity index (χ4n) is 3.78. The van der Waals surface area contributed by atoms with E-state index >= 15 is 0 Å². The zero-order chi connectivity index (χ0) is 23.7. The summed E-state index contributed by atoms with van der Waals surface area (Å²) < 4.78 is 18.5. The smallest absolute Gasteiger partial charge is 0.356 e. The molecule has 5 heterocycles. The summed E-state index contributed by atoms with van der Waals surface area (Å²) >= 11 is 5.39. The number of hydrogen-bond donors (Lipinski definition) is 0. The molecule has 1 atom stereocenters. The predicted molar refractivity (Wildman–Crippen MR) is 123 cm³/mol. The largest absolute Gasteiger partial charge is 0.464 e. The molecule has 0 aromatic carbocycles. The number of fused-ring (bicyclic) bond motifs is 1. The Hall–Kier alpha value is -3.76. The van der Waals surface area contributed by atoms with Gasteiger partial charge in [0.15, 0.2) is 11.3 Å². The first-order chi connectivity index (χ1) is 16.6. The molecule has 34 heavy (non-hydrogen) atoms. The maximum absolute atomic E-state index is 12.9. The zero-order valence-corrected chi connectivity index (χ0v) is 18.9. The molecule has 4 aromatic heterocycles. The molecule has 11 heteroatoms. The number of imidazole rings is 1. The topological polar surface area (TPSA) is 110 Å². The van der Waals surface area contributed by atoms with E-state index in [-0.39, 0.29) is 29.8 Å². The molecule has 174 valence electrons. The van der Waals surface area contributed by atoms with Crippen molar-refractivity contribution in [1.29, 1.82) is 0 Å². The fraction of sp³-hybridized carbons (Fsp3) is 0.261. The van der Waals surface area contributed by atoms with Crippen molar-refractivity contribution in [1.82, 2.24) is 24.1 Å². The van der Waals surface area contributed by atoms with Crippen molar-refractivity contribution >= 4 is 29.0 Å². The van der Waals surface area contributed by atoms with Gasteiger partial charge < -0.3 is 22.9 Å². The summed E-state index contributed by atoms with van der Waals surface area (Å²) in [7, 11) is 1.31. The molecule has 1 aliphatic heterocycles. The number of halogens is 1. The van der Waals surface area contributed by atoms with Gasteiger partial charge in [0.25, 0.3) is 5.56 Å². The van der Waals surface area contributed by atoms with E-state index in [1.165, 1.54) is 13.2 Å². The SMILES string of the molecule is COC(=O)c1ccc2nc(Cn3ccc(-c4cccc(OCl)n4)cc3=O)n(C[C@@H]3CCO3)c2n1. The number of nitrogens with zero attached hydrogens (tertiary/aromatic N) is 5. The maximum Gasteiger partial charge on any atom is 0.356 e. The van der Waals surface area contributed by atoms with Gasteiger partial charge in [-0.2, -0.15) is 0 Å². The van der Waals surface area contributed by atoms with Crippen LogP contribution in [-0.2, 0) is 22.6 Å². The van der Waals surface area contributed by atoms with E-state index < -0.39 is 5.97 Å². The molecule has 0 unspecified atom stereocenters. The minimum Gasteiger partial charge on any atom is -0.464 e. The highest BCUT2D eigenvalue weighted by molar-refractivity contribution is 6.08. The Morgan fingerprint density at radius 3 is 2.76 bits per heavy atom. The summed E-state index contributed by atoms with van der Waals surface area (Å²) in [5.74, 6) is 0.347. The van der Waals surface area contributed by atoms with Gasteiger partial charge in [-0.25, -0.2) is 19.7 Å². The number of carbonyl (C=O) groups excluding carboxylic acids is 1. The van der Waals surface area contributed by atoms with Gasteiger partial charge in [0, 0.05) is 30.5 Å². The summed E-state index contributed by atoms with van der Waals surface area (Å²) in [5, 5.41) is 0. The summed E-state index contributed by atoms with van der Waals surface area (Å²) in [6, 6.07) is 11.7. The standard InChI is InChI=1S/C23H20ClN5O5/c1-32-23(31)18-6-5-17-22(27-18)29(12-15-8-10-33-15)19(25-17)13-28-9-7-14(11-21(28)30)16-3-2-4-20(26-16)34-24/h2-7,9,11,15H,8,10,12-13H2,1H3/t15-/m0/s1. The van der Waals surface area contributed by atoms with Crippen LogP contribution in [0, 0.1) is 0 Å². The van der Waals surface area contributed by atoms with Crippen LogP contribution in [-0.4, -0.2) is 49.9 Å². The van der Waals surface area contributed by atoms with Crippen LogP contribution in [0.4, 0.5) is 0 Å². The Bertz CT molecular complexity index is 1430. The monoisotopic (exact) mass is 481 g/mol. The zero-order valence-electron chi connectivity index (χ0n) is 18.2. The molecule has 0 spiro atoms. The van der Waals surface area contributed by atoms with E-state index in [2.05, 4.69) is 19.2 Å². The molecule has 1 saturated heterocycles. The second kappa shape index (κ2) is 9.24. The van der Waals surface area contributed by atoms with Crippen LogP contribution in [0.2, 0.25) is 0 Å². The highest BCUT2D eigenvalue weighted by Crippen LogP contribution is 2.22. The number of ether oxygens (including phenoxy) is 2. The third-order valence-electron chi connectivity index (χ3n) is 5.65. The molecule has 1 aliphatic rings. The van der Waals surface area contributed by atoms with Crippen LogP contribution in [0.1, 0.15) is 22.7 Å². The Balaban J connectivity index is 1.50. The van der Waals surface area contributed by atoms with Crippen molar-refractivity contribution in [3.8, 4) is 17.1 Å². The molecular weight excluding hydrogens is 462 g/mol. The van der Waals surface area contributed by atoms with E-state index in [0.717, 1.165) is 6.42 Å². The van der Waals surface area contributed by atoms with Crippen LogP contribution < -0.4 is 9.85 Å². The summed E-state index contributed by atoms with van der Waals surface area (Å²) in [6.07, 6.45) is 2.63. The number of hydrogen-bond acceptors (Lipinski definition) is 8. The fourth-order valence-corrected chi connectivity index (χ4v) is 3.87. The first-order valence-electron chi connectivity index (χ1n) is 10.6. The number of carbonyl (C=O) groups is 1. The molecule has 0 amide bonds. The van der Waals surface area contributed by atoms with Crippen molar-refractivity contribution in [2.45, 2.75) is 25.6 Å². The van der Waals surface area contributed by atoms with Gasteiger partial charge in [0.2, 0.25) is 5.88 Å². The molecule has 10 nitrogen and oxygen atoms in total. The average molecular weight is 482 g/mol. The van der Waals surface area contributed by atoms with Crippen molar-refractivity contribution in [3.63, 3.8) is 0 Å². The number of methoxy groups -OCH3 is 1. The van der Waals surface area contributed by atoms with E-state index in [9.17, 15) is 9.59 Å². The third kappa shape index (κ3) is 4.25. The molecule has 0 radical (unpaired) electrons. The van der Waals surface area contributed by atoms with Crippen molar-refractivity contribution in [2.24, 2.45) is 0 Å². The highest BCUT2D eigenvalue weighted by atomic mass is 35.5. The lowest BCUT2D eigenvalue weighted by atomic mass is 10.2. The molecule has 0 saturated carbocycles. The minimum atomic E-state index is -0.528. The van der Waals surface area contributed by atoms with Gasteiger partial charge in [-0.15, -0.1) is 0 Å². The number of rotatable bonds is 7. The highest BCUT2D eigenvalue weighted by Gasteiger charge is 2.23. The lowest BCUT2D eigenvalue weighted by Crippen LogP contribution is -2.32. The van der Waals surface area contributed by atoms with Crippen LogP contribution in [0.15, 0.2) is 53.5 Å². The summed E-state index contributed by atoms with van der Waals surface area (Å²) in [4.78, 5) is 38.3. The van der Waals surface area contributed by atoms with E-state index in [1.807, 2.05) is 4.57 Å². The molecule has 0 bridgehead atoms. The molecule has 5 rings (SSSR count). The van der Waals surface area contributed by atoms with Crippen LogP contribution in [0.3, 0.4) is 0 Å². The Morgan fingerprint density at radius 2 is 2.06 bits per heavy atom. The summed E-state index contributed by atoms with van der Waals surface area (Å²) in [5.41, 5.74) is 2.33. The minimum absolute atomic E-state index is 0.0290. The van der Waals surface area contributed by atoms with Crippen LogP contribution >= 0.6 is 11.9 Å². The van der Waals surface area contributed by atoms with Crippen LogP contribution in [0.5, 0.6) is 5.88 Å². The lowest BCUT2D eigenvalue weighted by Gasteiger charge is -2.27. The second-order valence-corrected chi connectivity index (χ2v) is 7.92. The molecule has 0 N–H and O–H groups in total. The predicted octanol–water partition coefficient (Wildman–Crippen LogP) is 2.81. The first-order valence-corrected chi connectivity index (χ1v) is 10.9. The normalized spacial score (nSPS) is 15.2. The van der Waals surface area contributed by atoms with Gasteiger partial charge in [0.1, 0.15) is 23.2 Å². The van der Waals surface area contributed by atoms with E-state index in [1.54, 1.807) is 47.2 Å². The lowest BCUT2D eigenvalue weighted by molar-refractivity contribution is -0.0591. The van der Waals surface area contributed by atoms with Crippen molar-refractivity contribution in [2.75, 3.05) is 13.7 Å². The molecular formula is C23H20ClN5O5. The van der Waals surface area contributed by atoms with Gasteiger partial charge in [0.05, 0.1) is 32.0 Å². The molecule has 0 aliphatic carbocycles. The molecule has 4 aromatic rings. The van der Waals surface area contributed by atoms with Gasteiger partial charge in [-0.05, 0) is 30.7 Å². The van der Waals surface area contributed by atoms with E-state index in [4.69, 9.17) is 21.3 Å². The first kappa shape index (κ1) is 22.1. The quantitative estimate of drug-likeness (QED) is 0.370.